The smallest absolute Gasteiger partial charge is 0.0682 e. The molecular formula is C12H20B. The van der Waals surface area contributed by atoms with Gasteiger partial charge < -0.3 is 0 Å². The average molecular weight is 175 g/mol. The van der Waals surface area contributed by atoms with Crippen LogP contribution in [0.4, 0.5) is 0 Å². The van der Waals surface area contributed by atoms with Crippen molar-refractivity contribution in [3.63, 3.8) is 0 Å². The third-order valence-corrected chi connectivity index (χ3v) is 4.92. The fraction of sp³-hybridized carbons (Fsp3) is 1.00. The van der Waals surface area contributed by atoms with Crippen LogP contribution in [-0.2, 0) is 0 Å². The van der Waals surface area contributed by atoms with Gasteiger partial charge in [0.1, 0.15) is 7.28 Å². The molecule has 0 aromatic carbocycles. The van der Waals surface area contributed by atoms with E-state index in [0.29, 0.717) is 0 Å². The zero-order chi connectivity index (χ0) is 8.73. The molecule has 0 spiro atoms. The first-order valence-corrected chi connectivity index (χ1v) is 6.25. The van der Waals surface area contributed by atoms with E-state index in [0.717, 1.165) is 17.0 Å². The Hall–Kier alpha value is 0.0649. The van der Waals surface area contributed by atoms with Crippen LogP contribution >= 0.6 is 0 Å². The predicted octanol–water partition coefficient (Wildman–Crippen LogP) is 3.81. The van der Waals surface area contributed by atoms with Gasteiger partial charge in [-0.3, -0.25) is 0 Å². The molecule has 2 saturated heterocycles. The standard InChI is InChI=1S/C12H20B/c1-4-10(5-1)12-8-2-6-11(13-12)7-3-9-12/h10-11H,1-9H2. The first-order valence-electron chi connectivity index (χ1n) is 6.25. The molecule has 13 heavy (non-hydrogen) atoms. The molecule has 1 saturated carbocycles. The first-order chi connectivity index (χ1) is 6.39. The van der Waals surface area contributed by atoms with Crippen molar-refractivity contribution in [3.8, 4) is 0 Å². The van der Waals surface area contributed by atoms with Gasteiger partial charge >= 0.3 is 0 Å². The summed E-state index contributed by atoms with van der Waals surface area (Å²) in [5.74, 6) is 2.12. The normalized spacial score (nSPS) is 45.1. The summed E-state index contributed by atoms with van der Waals surface area (Å²) in [6.07, 6.45) is 13.7. The van der Waals surface area contributed by atoms with Crippen molar-refractivity contribution in [1.82, 2.24) is 0 Å². The Labute approximate surface area is 82.7 Å². The Kier molecular flexibility index (Phi) is 1.96. The molecule has 2 heterocycles. The lowest BCUT2D eigenvalue weighted by atomic mass is 9.31. The van der Waals surface area contributed by atoms with Crippen LogP contribution in [0.15, 0.2) is 0 Å². The second-order valence-corrected chi connectivity index (χ2v) is 5.57. The maximum absolute atomic E-state index is 2.80. The molecule has 0 unspecified atom stereocenters. The molecule has 0 amide bonds. The monoisotopic (exact) mass is 175 g/mol. The van der Waals surface area contributed by atoms with Gasteiger partial charge in [0.2, 0.25) is 0 Å². The lowest BCUT2D eigenvalue weighted by Crippen LogP contribution is -2.40. The third-order valence-electron chi connectivity index (χ3n) is 4.92. The van der Waals surface area contributed by atoms with E-state index in [2.05, 4.69) is 7.28 Å². The fourth-order valence-electron chi connectivity index (χ4n) is 3.99. The summed E-state index contributed by atoms with van der Waals surface area (Å²) in [5, 5.41) is 0.749. The Morgan fingerprint density at radius 2 is 1.54 bits per heavy atom. The summed E-state index contributed by atoms with van der Waals surface area (Å²) in [7, 11) is 2.80. The van der Waals surface area contributed by atoms with E-state index in [-0.39, 0.29) is 0 Å². The second kappa shape index (κ2) is 3.03. The van der Waals surface area contributed by atoms with E-state index >= 15 is 0 Å². The maximum atomic E-state index is 2.80. The highest BCUT2D eigenvalue weighted by Crippen LogP contribution is 2.60. The topological polar surface area (TPSA) is 0 Å². The van der Waals surface area contributed by atoms with Crippen LogP contribution in [0.2, 0.25) is 11.1 Å². The van der Waals surface area contributed by atoms with Crippen LogP contribution in [-0.4, -0.2) is 7.28 Å². The van der Waals surface area contributed by atoms with Crippen LogP contribution in [0.3, 0.4) is 0 Å². The zero-order valence-electron chi connectivity index (χ0n) is 8.60. The maximum Gasteiger partial charge on any atom is 0.122 e. The Bertz CT molecular complexity index is 185. The SMILES string of the molecule is [B]1C2CCCC1(C1CCC1)CCC2. The second-order valence-electron chi connectivity index (χ2n) is 5.57. The van der Waals surface area contributed by atoms with Gasteiger partial charge in [0.05, 0.1) is 0 Å². The molecule has 2 bridgehead atoms. The van der Waals surface area contributed by atoms with Gasteiger partial charge in [0.25, 0.3) is 0 Å². The van der Waals surface area contributed by atoms with E-state index in [9.17, 15) is 0 Å². The highest BCUT2D eigenvalue weighted by atomic mass is 14.4. The molecule has 0 nitrogen and oxygen atoms in total. The summed E-state index contributed by atoms with van der Waals surface area (Å²) in [6, 6.07) is 0. The van der Waals surface area contributed by atoms with Gasteiger partial charge in [-0.25, -0.2) is 0 Å². The van der Waals surface area contributed by atoms with Gasteiger partial charge in [0.15, 0.2) is 0 Å². The minimum atomic E-state index is 0.749. The molecule has 1 heteroatoms. The number of rotatable bonds is 1. The van der Waals surface area contributed by atoms with Crippen molar-refractivity contribution >= 4 is 7.28 Å². The number of hydrogen-bond acceptors (Lipinski definition) is 0. The minimum Gasteiger partial charge on any atom is -0.0682 e. The van der Waals surface area contributed by atoms with Crippen molar-refractivity contribution < 1.29 is 0 Å². The van der Waals surface area contributed by atoms with Crippen molar-refractivity contribution in [2.75, 3.05) is 0 Å². The van der Waals surface area contributed by atoms with Crippen molar-refractivity contribution in [3.05, 3.63) is 0 Å². The summed E-state index contributed by atoms with van der Waals surface area (Å²) >= 11 is 0. The van der Waals surface area contributed by atoms with E-state index in [1.807, 2.05) is 0 Å². The van der Waals surface area contributed by atoms with Crippen LogP contribution < -0.4 is 0 Å². The van der Waals surface area contributed by atoms with Crippen LogP contribution in [0, 0.1) is 5.92 Å². The molecule has 2 aliphatic heterocycles. The minimum absolute atomic E-state index is 0.749. The number of hydrogen-bond donors (Lipinski definition) is 0. The number of fused-ring (bicyclic) bond motifs is 2. The molecule has 3 aliphatic rings. The average Bonchev–Trinajstić information content (AvgIpc) is 2.00. The Morgan fingerprint density at radius 3 is 2.08 bits per heavy atom. The zero-order valence-corrected chi connectivity index (χ0v) is 8.60. The first kappa shape index (κ1) is 8.38. The molecule has 3 rings (SSSR count). The van der Waals surface area contributed by atoms with E-state index in [1.54, 1.807) is 12.8 Å². The van der Waals surface area contributed by atoms with Crippen LogP contribution in [0.1, 0.15) is 57.8 Å². The molecule has 71 valence electrons. The summed E-state index contributed by atoms with van der Waals surface area (Å²) in [6.45, 7) is 0. The molecular weight excluding hydrogens is 155 g/mol. The third kappa shape index (κ3) is 1.27. The van der Waals surface area contributed by atoms with Gasteiger partial charge in [-0.05, 0) is 5.92 Å². The molecule has 0 atom stereocenters. The molecule has 0 aromatic heterocycles. The van der Waals surface area contributed by atoms with Crippen molar-refractivity contribution in [2.45, 2.75) is 68.9 Å². The lowest BCUT2D eigenvalue weighted by Gasteiger charge is -2.52. The highest BCUT2D eigenvalue weighted by molar-refractivity contribution is 6.42. The molecule has 0 aromatic rings. The quantitative estimate of drug-likeness (QED) is 0.531. The van der Waals surface area contributed by atoms with E-state index in [4.69, 9.17) is 0 Å². The largest absolute Gasteiger partial charge is 0.122 e. The van der Waals surface area contributed by atoms with Crippen LogP contribution in [0.5, 0.6) is 0 Å². The van der Waals surface area contributed by atoms with Gasteiger partial charge in [0, 0.05) is 0 Å². The highest BCUT2D eigenvalue weighted by Gasteiger charge is 2.46. The van der Waals surface area contributed by atoms with Gasteiger partial charge in [-0.1, -0.05) is 68.9 Å². The molecule has 1 radical (unpaired) electrons. The van der Waals surface area contributed by atoms with E-state index in [1.165, 1.54) is 44.9 Å². The Balaban J connectivity index is 1.78. The summed E-state index contributed by atoms with van der Waals surface area (Å²) < 4.78 is 0. The predicted molar refractivity (Wildman–Crippen MR) is 57.2 cm³/mol. The lowest BCUT2D eigenvalue weighted by molar-refractivity contribution is 0.169. The molecule has 3 fully saturated rings. The Morgan fingerprint density at radius 1 is 0.846 bits per heavy atom. The van der Waals surface area contributed by atoms with Gasteiger partial charge in [-0.15, -0.1) is 0 Å². The molecule has 1 aliphatic carbocycles. The molecule has 0 N–H and O–H groups in total. The van der Waals surface area contributed by atoms with Crippen molar-refractivity contribution in [1.29, 1.82) is 0 Å². The fourth-order valence-corrected chi connectivity index (χ4v) is 3.99. The summed E-state index contributed by atoms with van der Waals surface area (Å²) in [5.41, 5.74) is 0. The van der Waals surface area contributed by atoms with Gasteiger partial charge in [-0.2, -0.15) is 0 Å². The van der Waals surface area contributed by atoms with Crippen LogP contribution in [0.25, 0.3) is 0 Å². The van der Waals surface area contributed by atoms with E-state index < -0.39 is 0 Å². The summed E-state index contributed by atoms with van der Waals surface area (Å²) in [4.78, 5) is 0. The van der Waals surface area contributed by atoms with Crippen molar-refractivity contribution in [2.24, 2.45) is 5.92 Å².